The van der Waals surface area contributed by atoms with Gasteiger partial charge in [-0.05, 0) is 61.0 Å². The van der Waals surface area contributed by atoms with Crippen LogP contribution in [0.25, 0.3) is 5.76 Å². The number of benzene rings is 2. The number of hydrogen-bond donors (Lipinski definition) is 1. The van der Waals surface area contributed by atoms with Gasteiger partial charge in [0.05, 0.1) is 18.2 Å². The lowest BCUT2D eigenvalue weighted by Gasteiger charge is -2.28. The molecular formula is C27H33FN2O4. The van der Waals surface area contributed by atoms with E-state index >= 15 is 0 Å². The van der Waals surface area contributed by atoms with Crippen LogP contribution in [0, 0.1) is 11.7 Å². The third kappa shape index (κ3) is 5.65. The molecule has 1 saturated heterocycles. The molecular weight excluding hydrogens is 435 g/mol. The molecule has 0 aromatic heterocycles. The van der Waals surface area contributed by atoms with Gasteiger partial charge in [-0.15, -0.1) is 0 Å². The van der Waals surface area contributed by atoms with Gasteiger partial charge in [0, 0.05) is 18.7 Å². The van der Waals surface area contributed by atoms with Crippen LogP contribution in [-0.2, 0) is 9.59 Å². The lowest BCUT2D eigenvalue weighted by molar-refractivity contribution is -0.140. The second-order valence-electron chi connectivity index (χ2n) is 8.80. The summed E-state index contributed by atoms with van der Waals surface area (Å²) in [6.07, 6.45) is 0. The van der Waals surface area contributed by atoms with E-state index in [-0.39, 0.29) is 11.3 Å². The summed E-state index contributed by atoms with van der Waals surface area (Å²) in [7, 11) is 0. The van der Waals surface area contributed by atoms with Gasteiger partial charge in [0.2, 0.25) is 0 Å². The van der Waals surface area contributed by atoms with Crippen LogP contribution in [0.4, 0.5) is 4.39 Å². The van der Waals surface area contributed by atoms with Crippen LogP contribution in [-0.4, -0.2) is 59.4 Å². The number of amides is 1. The molecule has 1 N–H and O–H groups in total. The summed E-state index contributed by atoms with van der Waals surface area (Å²) in [5.74, 6) is -1.06. The molecule has 6 nitrogen and oxygen atoms in total. The number of carbonyl (C=O) groups excluding carboxylic acids is 2. The van der Waals surface area contributed by atoms with Crippen LogP contribution >= 0.6 is 0 Å². The molecule has 182 valence electrons. The molecule has 1 aliphatic heterocycles. The Bertz CT molecular complexity index is 1030. The maximum Gasteiger partial charge on any atom is 0.295 e. The van der Waals surface area contributed by atoms with Gasteiger partial charge >= 0.3 is 0 Å². The number of nitrogens with zero attached hydrogens (tertiary/aromatic N) is 2. The summed E-state index contributed by atoms with van der Waals surface area (Å²) in [6.45, 7) is 11.2. The van der Waals surface area contributed by atoms with Crippen molar-refractivity contribution in [2.75, 3.05) is 32.8 Å². The number of ether oxygens (including phenoxy) is 1. The van der Waals surface area contributed by atoms with E-state index in [1.807, 2.05) is 13.8 Å². The molecule has 1 aliphatic rings. The summed E-state index contributed by atoms with van der Waals surface area (Å²) in [5, 5.41) is 11.1. The number of rotatable bonds is 10. The Balaban J connectivity index is 2.00. The number of halogens is 1. The maximum absolute atomic E-state index is 13.6. The SMILES string of the molecule is CCN(CC)CCN1C(=O)C(=O)C(=C(O)c2ccc(OCC(C)C)cc2)[C@H]1c1ccc(F)cc1. The van der Waals surface area contributed by atoms with E-state index in [9.17, 15) is 19.1 Å². The highest BCUT2D eigenvalue weighted by atomic mass is 19.1. The zero-order valence-corrected chi connectivity index (χ0v) is 20.3. The van der Waals surface area contributed by atoms with Crippen LogP contribution in [0.15, 0.2) is 54.1 Å². The lowest BCUT2D eigenvalue weighted by atomic mass is 9.95. The number of ketones is 1. The smallest absolute Gasteiger partial charge is 0.295 e. The molecule has 34 heavy (non-hydrogen) atoms. The van der Waals surface area contributed by atoms with Gasteiger partial charge < -0.3 is 19.6 Å². The van der Waals surface area contributed by atoms with Gasteiger partial charge in [0.1, 0.15) is 17.3 Å². The van der Waals surface area contributed by atoms with E-state index in [1.54, 1.807) is 36.4 Å². The molecule has 2 aromatic carbocycles. The predicted molar refractivity (Wildman–Crippen MR) is 130 cm³/mol. The van der Waals surface area contributed by atoms with Gasteiger partial charge in [-0.2, -0.15) is 0 Å². The third-order valence-electron chi connectivity index (χ3n) is 5.99. The first-order valence-electron chi connectivity index (χ1n) is 11.8. The minimum atomic E-state index is -0.798. The van der Waals surface area contributed by atoms with E-state index < -0.39 is 23.5 Å². The van der Waals surface area contributed by atoms with Crippen LogP contribution in [0.2, 0.25) is 0 Å². The number of aliphatic hydroxyl groups excluding tert-OH is 1. The standard InChI is InChI=1S/C27H33FN2O4/c1-5-29(6-2)15-16-30-24(19-7-11-21(28)12-8-19)23(26(32)27(30)33)25(31)20-9-13-22(14-10-20)34-17-18(3)4/h7-14,18,24,31H,5-6,15-17H2,1-4H3/t24-/m1/s1. The van der Waals surface area contributed by atoms with E-state index in [2.05, 4.69) is 18.7 Å². The van der Waals surface area contributed by atoms with E-state index in [0.29, 0.717) is 42.5 Å². The number of Topliss-reactive ketones (excluding diaryl/α,β-unsaturated/α-hetero) is 1. The topological polar surface area (TPSA) is 70.1 Å². The molecule has 3 rings (SSSR count). The largest absolute Gasteiger partial charge is 0.507 e. The first kappa shape index (κ1) is 25.4. The highest BCUT2D eigenvalue weighted by Gasteiger charge is 2.45. The number of likely N-dealkylation sites (tertiary alicyclic amines) is 1. The molecule has 0 radical (unpaired) electrons. The van der Waals surface area contributed by atoms with Crippen LogP contribution < -0.4 is 4.74 Å². The fourth-order valence-corrected chi connectivity index (χ4v) is 4.02. The first-order valence-corrected chi connectivity index (χ1v) is 11.8. The fourth-order valence-electron chi connectivity index (χ4n) is 4.02. The molecule has 1 heterocycles. The van der Waals surface area contributed by atoms with Crippen molar-refractivity contribution in [3.63, 3.8) is 0 Å². The van der Waals surface area contributed by atoms with E-state index in [4.69, 9.17) is 4.74 Å². The summed E-state index contributed by atoms with van der Waals surface area (Å²) < 4.78 is 19.3. The molecule has 7 heteroatoms. The normalized spacial score (nSPS) is 17.7. The highest BCUT2D eigenvalue weighted by Crippen LogP contribution is 2.39. The molecule has 0 saturated carbocycles. The summed E-state index contributed by atoms with van der Waals surface area (Å²) in [6, 6.07) is 11.7. The van der Waals surface area contributed by atoms with Crippen molar-refractivity contribution in [3.8, 4) is 5.75 Å². The number of aliphatic hydroxyl groups is 1. The first-order chi connectivity index (χ1) is 16.3. The van der Waals surface area contributed by atoms with Crippen LogP contribution in [0.5, 0.6) is 5.75 Å². The summed E-state index contributed by atoms with van der Waals surface area (Å²) in [5.41, 5.74) is 0.983. The average Bonchev–Trinajstić information content (AvgIpc) is 3.08. The quantitative estimate of drug-likeness (QED) is 0.313. The molecule has 1 amide bonds. The van der Waals surface area contributed by atoms with Gasteiger partial charge in [-0.1, -0.05) is 39.8 Å². The van der Waals surface area contributed by atoms with Crippen molar-refractivity contribution >= 4 is 17.4 Å². The molecule has 2 aromatic rings. The van der Waals surface area contributed by atoms with Crippen LogP contribution in [0.3, 0.4) is 0 Å². The lowest BCUT2D eigenvalue weighted by Crippen LogP contribution is -2.38. The zero-order chi connectivity index (χ0) is 24.8. The summed E-state index contributed by atoms with van der Waals surface area (Å²) >= 11 is 0. The van der Waals surface area contributed by atoms with Gasteiger partial charge in [-0.25, -0.2) is 4.39 Å². The number of hydrogen-bond acceptors (Lipinski definition) is 5. The molecule has 0 unspecified atom stereocenters. The molecule has 0 aliphatic carbocycles. The average molecular weight is 469 g/mol. The van der Waals surface area contributed by atoms with Crippen molar-refractivity contribution < 1.29 is 23.8 Å². The Hall–Kier alpha value is -3.19. The second-order valence-corrected chi connectivity index (χ2v) is 8.80. The molecule has 0 bridgehead atoms. The van der Waals surface area contributed by atoms with Crippen molar-refractivity contribution in [1.82, 2.24) is 9.80 Å². The minimum Gasteiger partial charge on any atom is -0.507 e. The third-order valence-corrected chi connectivity index (χ3v) is 5.99. The van der Waals surface area contributed by atoms with Crippen molar-refractivity contribution in [2.24, 2.45) is 5.92 Å². The van der Waals surface area contributed by atoms with Gasteiger partial charge in [-0.3, -0.25) is 9.59 Å². The molecule has 1 atom stereocenters. The number of carbonyl (C=O) groups is 2. The molecule has 1 fully saturated rings. The van der Waals surface area contributed by atoms with E-state index in [1.165, 1.54) is 17.0 Å². The Morgan fingerprint density at radius 3 is 2.24 bits per heavy atom. The van der Waals surface area contributed by atoms with Crippen molar-refractivity contribution in [2.45, 2.75) is 33.7 Å². The summed E-state index contributed by atoms with van der Waals surface area (Å²) in [4.78, 5) is 29.7. The zero-order valence-electron chi connectivity index (χ0n) is 20.3. The Kier molecular flexibility index (Phi) is 8.45. The Labute approximate surface area is 200 Å². The Morgan fingerprint density at radius 2 is 1.68 bits per heavy atom. The fraction of sp³-hybridized carbons (Fsp3) is 0.407. The van der Waals surface area contributed by atoms with Gasteiger partial charge in [0.25, 0.3) is 11.7 Å². The van der Waals surface area contributed by atoms with Crippen molar-refractivity contribution in [1.29, 1.82) is 0 Å². The van der Waals surface area contributed by atoms with Gasteiger partial charge in [0.15, 0.2) is 0 Å². The Morgan fingerprint density at radius 1 is 1.06 bits per heavy atom. The highest BCUT2D eigenvalue weighted by molar-refractivity contribution is 6.46. The maximum atomic E-state index is 13.6. The van der Waals surface area contributed by atoms with Crippen molar-refractivity contribution in [3.05, 3.63) is 71.0 Å². The predicted octanol–water partition coefficient (Wildman–Crippen LogP) is 4.62. The minimum absolute atomic E-state index is 0.00649. The molecule has 0 spiro atoms. The van der Waals surface area contributed by atoms with Crippen LogP contribution in [0.1, 0.15) is 44.9 Å². The number of likely N-dealkylation sites (N-methyl/N-ethyl adjacent to an activating group) is 1. The second kappa shape index (κ2) is 11.3. The van der Waals surface area contributed by atoms with E-state index in [0.717, 1.165) is 13.1 Å². The monoisotopic (exact) mass is 468 g/mol.